The fourth-order valence-corrected chi connectivity index (χ4v) is 2.38. The van der Waals surface area contributed by atoms with Crippen molar-refractivity contribution >= 4 is 5.97 Å². The van der Waals surface area contributed by atoms with E-state index < -0.39 is 5.60 Å². The Morgan fingerprint density at radius 2 is 1.89 bits per heavy atom. The van der Waals surface area contributed by atoms with E-state index in [1.807, 2.05) is 13.8 Å². The molecule has 0 spiro atoms. The third-order valence-corrected chi connectivity index (χ3v) is 4.45. The molecule has 1 fully saturated rings. The zero-order chi connectivity index (χ0) is 14.0. The van der Waals surface area contributed by atoms with Gasteiger partial charge >= 0.3 is 5.97 Å². The minimum Gasteiger partial charge on any atom is -0.462 e. The van der Waals surface area contributed by atoms with Crippen LogP contribution in [0, 0.1) is 11.3 Å². The molecule has 106 valence electrons. The molecule has 0 aromatic carbocycles. The number of carbonyl (C=O) groups is 1. The summed E-state index contributed by atoms with van der Waals surface area (Å²) >= 11 is 0. The van der Waals surface area contributed by atoms with E-state index >= 15 is 0 Å². The maximum atomic E-state index is 11.7. The molecule has 1 aliphatic rings. The fraction of sp³-hybridized carbons (Fsp3) is 0.933. The normalized spacial score (nSPS) is 30.9. The lowest BCUT2D eigenvalue weighted by atomic mass is 9.68. The highest BCUT2D eigenvalue weighted by molar-refractivity contribution is 5.72. The van der Waals surface area contributed by atoms with Gasteiger partial charge in [0.25, 0.3) is 0 Å². The lowest BCUT2D eigenvalue weighted by Gasteiger charge is -2.44. The third kappa shape index (κ3) is 3.47. The van der Waals surface area contributed by atoms with Gasteiger partial charge in [-0.25, -0.2) is 0 Å². The van der Waals surface area contributed by atoms with Gasteiger partial charge in [-0.2, -0.15) is 0 Å². The van der Waals surface area contributed by atoms with Crippen molar-refractivity contribution in [2.75, 3.05) is 0 Å². The van der Waals surface area contributed by atoms with E-state index in [1.165, 1.54) is 0 Å². The molecule has 0 amide bonds. The van der Waals surface area contributed by atoms with Crippen LogP contribution < -0.4 is 0 Å². The van der Waals surface area contributed by atoms with Gasteiger partial charge in [0, 0.05) is 0 Å². The molecule has 0 radical (unpaired) electrons. The van der Waals surface area contributed by atoms with Gasteiger partial charge in [-0.3, -0.25) is 4.79 Å². The van der Waals surface area contributed by atoms with Gasteiger partial charge in [0.2, 0.25) is 0 Å². The fourth-order valence-electron chi connectivity index (χ4n) is 2.38. The number of aliphatic hydroxyl groups is 1. The molecular weight excluding hydrogens is 228 g/mol. The van der Waals surface area contributed by atoms with Crippen LogP contribution in [0.2, 0.25) is 0 Å². The van der Waals surface area contributed by atoms with E-state index in [0.717, 1.165) is 32.1 Å². The third-order valence-electron chi connectivity index (χ3n) is 4.45. The summed E-state index contributed by atoms with van der Waals surface area (Å²) in [4.78, 5) is 11.7. The Morgan fingerprint density at radius 1 is 1.39 bits per heavy atom. The van der Waals surface area contributed by atoms with Gasteiger partial charge in [0.15, 0.2) is 0 Å². The highest BCUT2D eigenvalue weighted by atomic mass is 16.5. The quantitative estimate of drug-likeness (QED) is 0.788. The van der Waals surface area contributed by atoms with E-state index in [-0.39, 0.29) is 23.4 Å². The summed E-state index contributed by atoms with van der Waals surface area (Å²) < 4.78 is 5.50. The van der Waals surface area contributed by atoms with Crippen molar-refractivity contribution in [2.24, 2.45) is 11.3 Å². The molecule has 1 rings (SSSR count). The molecule has 0 aromatic heterocycles. The first-order valence-electron chi connectivity index (χ1n) is 7.12. The molecule has 0 aromatic rings. The Morgan fingerprint density at radius 3 is 2.28 bits per heavy atom. The minimum atomic E-state index is -0.619. The predicted octanol–water partition coefficient (Wildman–Crippen LogP) is 3.30. The number of esters is 1. The lowest BCUT2D eigenvalue weighted by molar-refractivity contribution is -0.162. The van der Waals surface area contributed by atoms with Gasteiger partial charge in [0.05, 0.1) is 11.5 Å². The van der Waals surface area contributed by atoms with Gasteiger partial charge in [0.1, 0.15) is 6.10 Å². The number of rotatable bonds is 3. The lowest BCUT2D eigenvalue weighted by Crippen LogP contribution is -2.47. The van der Waals surface area contributed by atoms with Crippen molar-refractivity contribution in [2.45, 2.75) is 78.4 Å². The average molecular weight is 256 g/mol. The van der Waals surface area contributed by atoms with Crippen LogP contribution >= 0.6 is 0 Å². The molecular formula is C15H28O3. The summed E-state index contributed by atoms with van der Waals surface area (Å²) in [6, 6.07) is 0. The van der Waals surface area contributed by atoms with Crippen LogP contribution in [-0.2, 0) is 9.53 Å². The second kappa shape index (κ2) is 5.60. The smallest absolute Gasteiger partial charge is 0.308 e. The Balaban J connectivity index is 2.48. The molecule has 0 saturated heterocycles. The molecule has 3 heteroatoms. The topological polar surface area (TPSA) is 46.5 Å². The van der Waals surface area contributed by atoms with Crippen LogP contribution in [0.4, 0.5) is 0 Å². The maximum Gasteiger partial charge on any atom is 0.308 e. The summed E-state index contributed by atoms with van der Waals surface area (Å²) in [6.45, 7) is 10.1. The van der Waals surface area contributed by atoms with Crippen LogP contribution in [0.15, 0.2) is 0 Å². The molecule has 3 nitrogen and oxygen atoms in total. The SMILES string of the molecule is CCC(C)C(=O)OC1CCC(O)(C(C)(C)C)CC1. The molecule has 1 aliphatic carbocycles. The van der Waals surface area contributed by atoms with Gasteiger partial charge in [-0.15, -0.1) is 0 Å². The van der Waals surface area contributed by atoms with Gasteiger partial charge in [-0.1, -0.05) is 34.6 Å². The van der Waals surface area contributed by atoms with Crippen molar-refractivity contribution in [3.63, 3.8) is 0 Å². The van der Waals surface area contributed by atoms with E-state index in [1.54, 1.807) is 0 Å². The predicted molar refractivity (Wildman–Crippen MR) is 72.2 cm³/mol. The van der Waals surface area contributed by atoms with Crippen LogP contribution in [0.5, 0.6) is 0 Å². The zero-order valence-electron chi connectivity index (χ0n) is 12.5. The van der Waals surface area contributed by atoms with Crippen molar-refractivity contribution in [3.8, 4) is 0 Å². The highest BCUT2D eigenvalue weighted by Gasteiger charge is 2.43. The average Bonchev–Trinajstić information content (AvgIpc) is 2.29. The minimum absolute atomic E-state index is 0.00544. The molecule has 18 heavy (non-hydrogen) atoms. The van der Waals surface area contributed by atoms with Crippen LogP contribution in [0.3, 0.4) is 0 Å². The summed E-state index contributed by atoms with van der Waals surface area (Å²) in [6.07, 6.45) is 3.79. The highest BCUT2D eigenvalue weighted by Crippen LogP contribution is 2.42. The first-order valence-corrected chi connectivity index (χ1v) is 7.12. The largest absolute Gasteiger partial charge is 0.462 e. The Bertz CT molecular complexity index is 283. The van der Waals surface area contributed by atoms with Crippen LogP contribution in [-0.4, -0.2) is 22.8 Å². The first kappa shape index (κ1) is 15.5. The Labute approximate surface area is 111 Å². The number of hydrogen-bond acceptors (Lipinski definition) is 3. The number of carbonyl (C=O) groups excluding carboxylic acids is 1. The molecule has 0 heterocycles. The number of hydrogen-bond donors (Lipinski definition) is 1. The van der Waals surface area contributed by atoms with Gasteiger partial charge in [-0.05, 0) is 37.5 Å². The summed E-state index contributed by atoms with van der Waals surface area (Å²) in [5, 5.41) is 10.6. The first-order chi connectivity index (χ1) is 8.19. The van der Waals surface area contributed by atoms with Crippen molar-refractivity contribution in [1.82, 2.24) is 0 Å². The Kier molecular flexibility index (Phi) is 4.82. The zero-order valence-corrected chi connectivity index (χ0v) is 12.5. The van der Waals surface area contributed by atoms with E-state index in [4.69, 9.17) is 4.74 Å². The van der Waals surface area contributed by atoms with Gasteiger partial charge < -0.3 is 9.84 Å². The van der Waals surface area contributed by atoms with E-state index in [0.29, 0.717) is 0 Å². The molecule has 1 atom stereocenters. The second-order valence-electron chi connectivity index (χ2n) is 6.73. The van der Waals surface area contributed by atoms with Crippen LogP contribution in [0.1, 0.15) is 66.7 Å². The van der Waals surface area contributed by atoms with Crippen molar-refractivity contribution in [1.29, 1.82) is 0 Å². The molecule has 1 N–H and O–H groups in total. The van der Waals surface area contributed by atoms with Crippen molar-refractivity contribution in [3.05, 3.63) is 0 Å². The molecule has 1 unspecified atom stereocenters. The maximum absolute atomic E-state index is 11.7. The second-order valence-corrected chi connectivity index (χ2v) is 6.73. The van der Waals surface area contributed by atoms with Crippen molar-refractivity contribution < 1.29 is 14.6 Å². The summed E-state index contributed by atoms with van der Waals surface area (Å²) in [5.74, 6) is -0.114. The molecule has 0 bridgehead atoms. The monoisotopic (exact) mass is 256 g/mol. The van der Waals surface area contributed by atoms with Crippen LogP contribution in [0.25, 0.3) is 0 Å². The molecule has 1 saturated carbocycles. The van der Waals surface area contributed by atoms with E-state index in [9.17, 15) is 9.90 Å². The summed E-state index contributed by atoms with van der Waals surface area (Å²) in [5.41, 5.74) is -0.731. The summed E-state index contributed by atoms with van der Waals surface area (Å²) in [7, 11) is 0. The Hall–Kier alpha value is -0.570. The standard InChI is InChI=1S/C15H28O3/c1-6-11(2)13(16)18-12-7-9-15(17,10-8-12)14(3,4)5/h11-12,17H,6-10H2,1-5H3. The van der Waals surface area contributed by atoms with E-state index in [2.05, 4.69) is 20.8 Å². The molecule has 0 aliphatic heterocycles. The number of ether oxygens (including phenoxy) is 1.